The number of methoxy groups -OCH3 is 1. The summed E-state index contributed by atoms with van der Waals surface area (Å²) in [5.41, 5.74) is 0.442. The Kier molecular flexibility index (Phi) is 11.6. The standard InChI is InChI=1S/C26H39ClFN3O5/c1-5-7-20-24(34)30(15-12-26(2,3)36-4)23(19-9-10-19)31(20)25(35)21(32)16-22(33)29-17-18(11-13-27)8-6-14-28/h6-8,11,16,19,22-23,29,32-33H,5,9-10,12-15,17H2,1-4H3/b8-6-,18-11+,20-7+,21-16-. The minimum absolute atomic E-state index is 0.118. The van der Waals surface area contributed by atoms with Crippen LogP contribution in [-0.4, -0.2) is 82.6 Å². The highest BCUT2D eigenvalue weighted by Gasteiger charge is 2.51. The fourth-order valence-corrected chi connectivity index (χ4v) is 4.16. The van der Waals surface area contributed by atoms with Gasteiger partial charge in [0.05, 0.1) is 5.60 Å². The first-order valence-electron chi connectivity index (χ1n) is 12.3. The minimum Gasteiger partial charge on any atom is -0.503 e. The quantitative estimate of drug-likeness (QED) is 0.105. The minimum atomic E-state index is -1.36. The van der Waals surface area contributed by atoms with E-state index in [-0.39, 0.29) is 29.9 Å². The zero-order valence-corrected chi connectivity index (χ0v) is 22.3. The Balaban J connectivity index is 2.22. The first kappa shape index (κ1) is 30.0. The fraction of sp³-hybridized carbons (Fsp3) is 0.615. The highest BCUT2D eigenvalue weighted by Crippen LogP contribution is 2.43. The van der Waals surface area contributed by atoms with E-state index in [1.807, 2.05) is 20.8 Å². The lowest BCUT2D eigenvalue weighted by atomic mass is 10.0. The molecule has 2 fully saturated rings. The molecule has 2 rings (SSSR count). The Hall–Kier alpha value is -2.20. The monoisotopic (exact) mass is 527 g/mol. The molecular formula is C26H39ClFN3O5. The molecule has 0 radical (unpaired) electrons. The predicted octanol–water partition coefficient (Wildman–Crippen LogP) is 3.54. The summed E-state index contributed by atoms with van der Waals surface area (Å²) in [6.07, 6.45) is 8.20. The van der Waals surface area contributed by atoms with E-state index in [2.05, 4.69) is 5.32 Å². The van der Waals surface area contributed by atoms with Crippen LogP contribution in [0.2, 0.25) is 0 Å². The van der Waals surface area contributed by atoms with E-state index in [1.165, 1.54) is 17.1 Å². The molecule has 3 N–H and O–H groups in total. The van der Waals surface area contributed by atoms with Crippen molar-refractivity contribution in [3.8, 4) is 0 Å². The molecule has 2 amide bonds. The van der Waals surface area contributed by atoms with Crippen LogP contribution >= 0.6 is 11.6 Å². The van der Waals surface area contributed by atoms with Crippen LogP contribution in [0.3, 0.4) is 0 Å². The number of carbonyl (C=O) groups excluding carboxylic acids is 2. The number of hydrogen-bond acceptors (Lipinski definition) is 6. The van der Waals surface area contributed by atoms with Crippen molar-refractivity contribution in [2.24, 2.45) is 5.92 Å². The SMILES string of the molecule is CC/C=C1\C(=O)N(CCC(C)(C)OC)C(C2CC2)N1C(=O)/C(O)=C/C(O)NCC(/C=C\CF)=C/CCl. The second kappa shape index (κ2) is 13.9. The maximum atomic E-state index is 13.4. The van der Waals surface area contributed by atoms with E-state index < -0.39 is 36.3 Å². The summed E-state index contributed by atoms with van der Waals surface area (Å²) < 4.78 is 17.9. The summed E-state index contributed by atoms with van der Waals surface area (Å²) in [7, 11) is 1.62. The number of amides is 2. The van der Waals surface area contributed by atoms with E-state index in [1.54, 1.807) is 24.2 Å². The van der Waals surface area contributed by atoms with Gasteiger partial charge in [-0.3, -0.25) is 19.8 Å². The van der Waals surface area contributed by atoms with Gasteiger partial charge < -0.3 is 19.8 Å². The number of aliphatic hydroxyl groups excluding tert-OH is 2. The van der Waals surface area contributed by atoms with Gasteiger partial charge in [-0.25, -0.2) is 4.39 Å². The van der Waals surface area contributed by atoms with Gasteiger partial charge in [0.2, 0.25) is 0 Å². The molecule has 1 saturated carbocycles. The molecule has 2 atom stereocenters. The van der Waals surface area contributed by atoms with Gasteiger partial charge in [-0.1, -0.05) is 31.2 Å². The van der Waals surface area contributed by atoms with E-state index in [0.29, 0.717) is 25.0 Å². The van der Waals surface area contributed by atoms with Gasteiger partial charge in [0.25, 0.3) is 11.8 Å². The van der Waals surface area contributed by atoms with Crippen LogP contribution < -0.4 is 5.32 Å². The Morgan fingerprint density at radius 1 is 1.39 bits per heavy atom. The molecule has 36 heavy (non-hydrogen) atoms. The summed E-state index contributed by atoms with van der Waals surface area (Å²) >= 11 is 5.71. The fourth-order valence-electron chi connectivity index (χ4n) is 3.97. The number of carbonyl (C=O) groups is 2. The third-order valence-electron chi connectivity index (χ3n) is 6.30. The molecule has 10 heteroatoms. The largest absolute Gasteiger partial charge is 0.503 e. The summed E-state index contributed by atoms with van der Waals surface area (Å²) in [5, 5.41) is 23.7. The Labute approximate surface area is 218 Å². The van der Waals surface area contributed by atoms with Gasteiger partial charge in [-0.2, -0.15) is 0 Å². The van der Waals surface area contributed by atoms with Gasteiger partial charge in [-0.05, 0) is 51.0 Å². The molecule has 2 aliphatic rings. The average molecular weight is 528 g/mol. The van der Waals surface area contributed by atoms with Crippen molar-refractivity contribution in [3.05, 3.63) is 47.4 Å². The molecule has 1 saturated heterocycles. The molecule has 0 aromatic carbocycles. The second-order valence-electron chi connectivity index (χ2n) is 9.50. The second-order valence-corrected chi connectivity index (χ2v) is 9.81. The number of rotatable bonds is 14. The van der Waals surface area contributed by atoms with Gasteiger partial charge in [0.15, 0.2) is 5.76 Å². The third kappa shape index (κ3) is 8.16. The predicted molar refractivity (Wildman–Crippen MR) is 138 cm³/mol. The number of nitrogens with zero attached hydrogens (tertiary/aromatic N) is 2. The lowest BCUT2D eigenvalue weighted by Gasteiger charge is -2.32. The van der Waals surface area contributed by atoms with Crippen molar-refractivity contribution in [1.29, 1.82) is 0 Å². The molecule has 202 valence electrons. The molecule has 1 aliphatic carbocycles. The summed E-state index contributed by atoms with van der Waals surface area (Å²) in [5.74, 6) is -1.34. The summed E-state index contributed by atoms with van der Waals surface area (Å²) in [6.45, 7) is 5.66. The Morgan fingerprint density at radius 2 is 2.08 bits per heavy atom. The van der Waals surface area contributed by atoms with Crippen LogP contribution in [-0.2, 0) is 14.3 Å². The first-order chi connectivity index (χ1) is 17.1. The maximum Gasteiger partial charge on any atom is 0.294 e. The molecule has 1 aliphatic heterocycles. The molecular weight excluding hydrogens is 489 g/mol. The van der Waals surface area contributed by atoms with E-state index >= 15 is 0 Å². The van der Waals surface area contributed by atoms with Crippen molar-refractivity contribution in [2.75, 3.05) is 32.8 Å². The number of alkyl halides is 2. The topological polar surface area (TPSA) is 102 Å². The number of allylic oxidation sites excluding steroid dienone is 3. The highest BCUT2D eigenvalue weighted by molar-refractivity contribution is 6.19. The van der Waals surface area contributed by atoms with Crippen molar-refractivity contribution in [3.63, 3.8) is 0 Å². The average Bonchev–Trinajstić information content (AvgIpc) is 3.64. The molecule has 2 unspecified atom stereocenters. The van der Waals surface area contributed by atoms with Crippen LogP contribution in [0.15, 0.2) is 47.4 Å². The molecule has 0 aromatic rings. The zero-order valence-electron chi connectivity index (χ0n) is 21.5. The Morgan fingerprint density at radius 3 is 2.64 bits per heavy atom. The lowest BCUT2D eigenvalue weighted by Crippen LogP contribution is -2.46. The number of hydrogen-bond donors (Lipinski definition) is 3. The van der Waals surface area contributed by atoms with Crippen molar-refractivity contribution in [1.82, 2.24) is 15.1 Å². The van der Waals surface area contributed by atoms with Crippen LogP contribution in [0.1, 0.15) is 46.5 Å². The summed E-state index contributed by atoms with van der Waals surface area (Å²) in [6, 6.07) is 0. The van der Waals surface area contributed by atoms with Gasteiger partial charge in [0, 0.05) is 32.2 Å². The van der Waals surface area contributed by atoms with Crippen molar-refractivity contribution < 1.29 is 28.9 Å². The first-order valence-corrected chi connectivity index (χ1v) is 12.8. The van der Waals surface area contributed by atoms with Crippen molar-refractivity contribution in [2.45, 2.75) is 64.4 Å². The van der Waals surface area contributed by atoms with E-state index in [9.17, 15) is 24.2 Å². The van der Waals surface area contributed by atoms with Crippen LogP contribution in [0.4, 0.5) is 4.39 Å². The summed E-state index contributed by atoms with van der Waals surface area (Å²) in [4.78, 5) is 29.8. The number of aliphatic hydroxyl groups is 2. The van der Waals surface area contributed by atoms with Gasteiger partial charge in [-0.15, -0.1) is 11.6 Å². The van der Waals surface area contributed by atoms with Gasteiger partial charge >= 0.3 is 0 Å². The van der Waals surface area contributed by atoms with Crippen molar-refractivity contribution >= 4 is 23.4 Å². The van der Waals surface area contributed by atoms with Crippen LogP contribution in [0.25, 0.3) is 0 Å². The third-order valence-corrected chi connectivity index (χ3v) is 6.46. The van der Waals surface area contributed by atoms with E-state index in [0.717, 1.165) is 18.9 Å². The lowest BCUT2D eigenvalue weighted by molar-refractivity contribution is -0.132. The van der Waals surface area contributed by atoms with Crippen LogP contribution in [0.5, 0.6) is 0 Å². The molecule has 0 bridgehead atoms. The number of nitrogens with one attached hydrogen (secondary N) is 1. The molecule has 0 aromatic heterocycles. The molecule has 1 heterocycles. The zero-order chi connectivity index (χ0) is 26.9. The Bertz CT molecular complexity index is 898. The molecule has 0 spiro atoms. The van der Waals surface area contributed by atoms with Crippen LogP contribution in [0, 0.1) is 5.92 Å². The van der Waals surface area contributed by atoms with E-state index in [4.69, 9.17) is 16.3 Å². The smallest absolute Gasteiger partial charge is 0.294 e. The highest BCUT2D eigenvalue weighted by atomic mass is 35.5. The molecule has 8 nitrogen and oxygen atoms in total. The van der Waals surface area contributed by atoms with Gasteiger partial charge in [0.1, 0.15) is 24.8 Å². The normalized spacial score (nSPS) is 21.8. The maximum absolute atomic E-state index is 13.4. The number of ether oxygens (including phenoxy) is 1. The number of halogens is 2.